The Labute approximate surface area is 170 Å². The van der Waals surface area contributed by atoms with Gasteiger partial charge >= 0.3 is 0 Å². The van der Waals surface area contributed by atoms with Gasteiger partial charge in [-0.1, -0.05) is 0 Å². The molecule has 8 heteroatoms. The summed E-state index contributed by atoms with van der Waals surface area (Å²) in [6.45, 7) is 1.54. The molecule has 4 heterocycles. The summed E-state index contributed by atoms with van der Waals surface area (Å²) in [5.41, 5.74) is 2.25. The molecule has 1 fully saturated rings. The van der Waals surface area contributed by atoms with Gasteiger partial charge in [0.25, 0.3) is 5.91 Å². The number of fused-ring (bicyclic) bond motifs is 1. The lowest BCUT2D eigenvalue weighted by Crippen LogP contribution is -2.37. The Bertz CT molecular complexity index is 1170. The lowest BCUT2D eigenvalue weighted by Gasteiger charge is -2.18. The standard InChI is InChI=1S/C21H18FN5OS/c22-15-5-3-14(4-6-15)21-25-17(13-29-21)20(28)24-16-7-10-27(12-16)19-18-2-1-9-26(18)11-8-23-19/h1-6,8-9,11,13,16H,7,10,12H2,(H,24,28). The Morgan fingerprint density at radius 2 is 2.07 bits per heavy atom. The molecule has 0 bridgehead atoms. The number of thiazole rings is 1. The molecule has 5 rings (SSSR count). The topological polar surface area (TPSA) is 62.5 Å². The van der Waals surface area contributed by atoms with E-state index in [1.54, 1.807) is 23.7 Å². The fraction of sp³-hybridized carbons (Fsp3) is 0.190. The summed E-state index contributed by atoms with van der Waals surface area (Å²) in [5.74, 6) is 0.455. The molecular formula is C21H18FN5OS. The minimum atomic E-state index is -0.292. The highest BCUT2D eigenvalue weighted by atomic mass is 32.1. The number of aromatic nitrogens is 3. The Morgan fingerprint density at radius 3 is 2.93 bits per heavy atom. The molecule has 146 valence electrons. The summed E-state index contributed by atoms with van der Waals surface area (Å²) in [5, 5.41) is 5.52. The van der Waals surface area contributed by atoms with Gasteiger partial charge in [-0.2, -0.15) is 0 Å². The smallest absolute Gasteiger partial charge is 0.271 e. The Kier molecular flexibility index (Phi) is 4.48. The highest BCUT2D eigenvalue weighted by Gasteiger charge is 2.27. The van der Waals surface area contributed by atoms with Gasteiger partial charge in [-0.25, -0.2) is 14.4 Å². The van der Waals surface area contributed by atoms with Gasteiger partial charge in [-0.05, 0) is 42.8 Å². The third kappa shape index (κ3) is 3.47. The summed E-state index contributed by atoms with van der Waals surface area (Å²) >= 11 is 1.38. The SMILES string of the molecule is O=C(NC1CCN(c2nccn3cccc23)C1)c1csc(-c2ccc(F)cc2)n1. The fourth-order valence-electron chi connectivity index (χ4n) is 3.63. The van der Waals surface area contributed by atoms with Crippen molar-refractivity contribution in [2.24, 2.45) is 0 Å². The Hall–Kier alpha value is -3.26. The highest BCUT2D eigenvalue weighted by Crippen LogP contribution is 2.25. The first-order chi connectivity index (χ1) is 14.2. The van der Waals surface area contributed by atoms with E-state index in [9.17, 15) is 9.18 Å². The molecule has 0 spiro atoms. The molecule has 1 amide bonds. The molecule has 1 saturated heterocycles. The van der Waals surface area contributed by atoms with Crippen molar-refractivity contribution in [1.82, 2.24) is 19.7 Å². The van der Waals surface area contributed by atoms with E-state index in [0.717, 1.165) is 29.9 Å². The number of amides is 1. The lowest BCUT2D eigenvalue weighted by molar-refractivity contribution is 0.0936. The van der Waals surface area contributed by atoms with Crippen molar-refractivity contribution in [3.8, 4) is 10.6 Å². The van der Waals surface area contributed by atoms with E-state index in [1.807, 2.05) is 28.9 Å². The predicted molar refractivity (Wildman–Crippen MR) is 111 cm³/mol. The molecule has 1 aliphatic heterocycles. The average molecular weight is 407 g/mol. The molecule has 29 heavy (non-hydrogen) atoms. The molecule has 1 unspecified atom stereocenters. The minimum absolute atomic E-state index is 0.0375. The maximum atomic E-state index is 13.1. The monoisotopic (exact) mass is 407 g/mol. The molecule has 1 N–H and O–H groups in total. The van der Waals surface area contributed by atoms with Gasteiger partial charge in [0.05, 0.1) is 5.52 Å². The molecule has 3 aromatic heterocycles. The second-order valence-corrected chi connectivity index (χ2v) is 7.86. The number of nitrogens with one attached hydrogen (secondary N) is 1. The summed E-state index contributed by atoms with van der Waals surface area (Å²) in [7, 11) is 0. The van der Waals surface area contributed by atoms with E-state index in [-0.39, 0.29) is 17.8 Å². The third-order valence-corrected chi connectivity index (χ3v) is 5.97. The van der Waals surface area contributed by atoms with Crippen molar-refractivity contribution in [2.75, 3.05) is 18.0 Å². The van der Waals surface area contributed by atoms with Gasteiger partial charge < -0.3 is 14.6 Å². The molecule has 4 aromatic rings. The second-order valence-electron chi connectivity index (χ2n) is 7.00. The molecule has 0 saturated carbocycles. The predicted octanol–water partition coefficient (Wildman–Crippen LogP) is 3.61. The van der Waals surface area contributed by atoms with E-state index in [4.69, 9.17) is 0 Å². The number of nitrogens with zero attached hydrogens (tertiary/aromatic N) is 4. The molecular weight excluding hydrogens is 389 g/mol. The normalized spacial score (nSPS) is 16.4. The number of hydrogen-bond donors (Lipinski definition) is 1. The first-order valence-electron chi connectivity index (χ1n) is 9.36. The van der Waals surface area contributed by atoms with Crippen molar-refractivity contribution in [3.05, 3.63) is 71.9 Å². The molecule has 1 aliphatic rings. The van der Waals surface area contributed by atoms with E-state index >= 15 is 0 Å². The molecule has 0 aliphatic carbocycles. The van der Waals surface area contributed by atoms with Gasteiger partial charge in [0.1, 0.15) is 16.5 Å². The summed E-state index contributed by atoms with van der Waals surface area (Å²) < 4.78 is 15.1. The van der Waals surface area contributed by atoms with Crippen LogP contribution in [-0.4, -0.2) is 39.4 Å². The number of anilines is 1. The number of carbonyl (C=O) groups is 1. The van der Waals surface area contributed by atoms with Gasteiger partial charge in [-0.15, -0.1) is 11.3 Å². The van der Waals surface area contributed by atoms with E-state index in [2.05, 4.69) is 20.2 Å². The van der Waals surface area contributed by atoms with Gasteiger partial charge in [0.2, 0.25) is 0 Å². The van der Waals surface area contributed by atoms with Crippen LogP contribution in [-0.2, 0) is 0 Å². The van der Waals surface area contributed by atoms with Crippen LogP contribution in [0.3, 0.4) is 0 Å². The highest BCUT2D eigenvalue weighted by molar-refractivity contribution is 7.13. The van der Waals surface area contributed by atoms with E-state index in [1.165, 1.54) is 23.5 Å². The Balaban J connectivity index is 1.26. The largest absolute Gasteiger partial charge is 0.353 e. The van der Waals surface area contributed by atoms with Gasteiger partial charge in [-0.3, -0.25) is 4.79 Å². The van der Waals surface area contributed by atoms with Crippen molar-refractivity contribution in [3.63, 3.8) is 0 Å². The number of halogens is 1. The second kappa shape index (κ2) is 7.29. The van der Waals surface area contributed by atoms with Crippen LogP contribution in [0.5, 0.6) is 0 Å². The van der Waals surface area contributed by atoms with E-state index < -0.39 is 0 Å². The number of carbonyl (C=O) groups excluding carboxylic acids is 1. The minimum Gasteiger partial charge on any atom is -0.353 e. The maximum Gasteiger partial charge on any atom is 0.271 e. The molecule has 1 atom stereocenters. The van der Waals surface area contributed by atoms with Crippen LogP contribution in [0.4, 0.5) is 10.2 Å². The third-order valence-electron chi connectivity index (χ3n) is 5.08. The van der Waals surface area contributed by atoms with Crippen LogP contribution < -0.4 is 10.2 Å². The quantitative estimate of drug-likeness (QED) is 0.561. The van der Waals surface area contributed by atoms with Crippen LogP contribution in [0, 0.1) is 5.82 Å². The Morgan fingerprint density at radius 1 is 1.21 bits per heavy atom. The first-order valence-corrected chi connectivity index (χ1v) is 10.2. The van der Waals surface area contributed by atoms with Crippen molar-refractivity contribution in [1.29, 1.82) is 0 Å². The van der Waals surface area contributed by atoms with Gasteiger partial charge in [0.15, 0.2) is 5.82 Å². The van der Waals surface area contributed by atoms with Crippen LogP contribution in [0.1, 0.15) is 16.9 Å². The summed E-state index contributed by atoms with van der Waals surface area (Å²) in [6.07, 6.45) is 6.57. The van der Waals surface area contributed by atoms with Crippen LogP contribution >= 0.6 is 11.3 Å². The molecule has 0 radical (unpaired) electrons. The zero-order valence-corrected chi connectivity index (χ0v) is 16.3. The average Bonchev–Trinajstić information content (AvgIpc) is 3.48. The van der Waals surface area contributed by atoms with Crippen LogP contribution in [0.15, 0.2) is 60.4 Å². The number of hydrogen-bond acceptors (Lipinski definition) is 5. The zero-order chi connectivity index (χ0) is 19.8. The fourth-order valence-corrected chi connectivity index (χ4v) is 4.44. The maximum absolute atomic E-state index is 13.1. The molecule has 1 aromatic carbocycles. The first kappa shape index (κ1) is 17.8. The van der Waals surface area contributed by atoms with E-state index in [0.29, 0.717) is 17.2 Å². The number of benzene rings is 1. The van der Waals surface area contributed by atoms with Crippen molar-refractivity contribution >= 4 is 28.6 Å². The van der Waals surface area contributed by atoms with Crippen molar-refractivity contribution in [2.45, 2.75) is 12.5 Å². The van der Waals surface area contributed by atoms with Gasteiger partial charge in [0, 0.05) is 48.7 Å². The van der Waals surface area contributed by atoms with Crippen LogP contribution in [0.25, 0.3) is 16.1 Å². The number of rotatable bonds is 4. The summed E-state index contributed by atoms with van der Waals surface area (Å²) in [6, 6.07) is 10.2. The molecule has 6 nitrogen and oxygen atoms in total. The van der Waals surface area contributed by atoms with Crippen molar-refractivity contribution < 1.29 is 9.18 Å². The summed E-state index contributed by atoms with van der Waals surface area (Å²) in [4.78, 5) is 23.8. The lowest BCUT2D eigenvalue weighted by atomic mass is 10.2. The van der Waals surface area contributed by atoms with Crippen LogP contribution in [0.2, 0.25) is 0 Å². The zero-order valence-electron chi connectivity index (χ0n) is 15.5.